The summed E-state index contributed by atoms with van der Waals surface area (Å²) in [5.74, 6) is 5.13. The highest BCUT2D eigenvalue weighted by molar-refractivity contribution is 5.33. The molecule has 7 atom stereocenters. The van der Waals surface area contributed by atoms with Gasteiger partial charge in [-0.05, 0) is 79.6 Å². The summed E-state index contributed by atoms with van der Waals surface area (Å²) < 4.78 is 5.49. The first-order chi connectivity index (χ1) is 10.6. The molecule has 0 amide bonds. The van der Waals surface area contributed by atoms with E-state index in [0.717, 1.165) is 36.5 Å². The molecule has 0 aromatic carbocycles. The Morgan fingerprint density at radius 2 is 2.09 bits per heavy atom. The van der Waals surface area contributed by atoms with Crippen LogP contribution < -0.4 is 0 Å². The monoisotopic (exact) mass is 300 g/mol. The van der Waals surface area contributed by atoms with Gasteiger partial charge in [-0.25, -0.2) is 0 Å². The van der Waals surface area contributed by atoms with Crippen molar-refractivity contribution in [3.63, 3.8) is 0 Å². The van der Waals surface area contributed by atoms with Crippen molar-refractivity contribution in [2.24, 2.45) is 35.0 Å². The van der Waals surface area contributed by atoms with Crippen LogP contribution >= 0.6 is 0 Å². The Kier molecular flexibility index (Phi) is 2.74. The highest BCUT2D eigenvalue weighted by Gasteiger charge is 2.68. The van der Waals surface area contributed by atoms with Gasteiger partial charge >= 0.3 is 0 Å². The number of fused-ring (bicyclic) bond motifs is 6. The number of hydrogen-bond acceptors (Lipinski definition) is 2. The molecule has 22 heavy (non-hydrogen) atoms. The van der Waals surface area contributed by atoms with Crippen LogP contribution in [0, 0.1) is 35.0 Å². The van der Waals surface area contributed by atoms with E-state index in [0.29, 0.717) is 5.92 Å². The first kappa shape index (κ1) is 13.7. The van der Waals surface area contributed by atoms with Gasteiger partial charge in [0.15, 0.2) is 0 Å². The van der Waals surface area contributed by atoms with E-state index < -0.39 is 0 Å². The van der Waals surface area contributed by atoms with E-state index in [1.807, 2.05) is 7.11 Å². The van der Waals surface area contributed by atoms with Gasteiger partial charge in [-0.1, -0.05) is 18.1 Å². The molecule has 0 bridgehead atoms. The summed E-state index contributed by atoms with van der Waals surface area (Å²) in [6, 6.07) is 0. The van der Waals surface area contributed by atoms with Gasteiger partial charge in [0.05, 0.1) is 19.0 Å². The third-order valence-electron chi connectivity index (χ3n) is 8.05. The maximum Gasteiger partial charge on any atom is 0.0959 e. The number of aliphatic hydroxyl groups excluding tert-OH is 1. The van der Waals surface area contributed by atoms with Crippen LogP contribution in [0.1, 0.15) is 51.9 Å². The predicted molar refractivity (Wildman–Crippen MR) is 86.0 cm³/mol. The number of rotatable bonds is 1. The van der Waals surface area contributed by atoms with Crippen molar-refractivity contribution in [3.05, 3.63) is 23.0 Å². The quantitative estimate of drug-likeness (QED) is 0.740. The van der Waals surface area contributed by atoms with Gasteiger partial charge < -0.3 is 9.84 Å². The third kappa shape index (κ3) is 1.60. The smallest absolute Gasteiger partial charge is 0.0959 e. The highest BCUT2D eigenvalue weighted by atomic mass is 16.5. The molecule has 0 aliphatic heterocycles. The van der Waals surface area contributed by atoms with Crippen molar-refractivity contribution in [2.75, 3.05) is 7.11 Å². The van der Waals surface area contributed by atoms with Crippen LogP contribution in [0.15, 0.2) is 23.0 Å². The van der Waals surface area contributed by atoms with Crippen LogP contribution in [0.5, 0.6) is 0 Å². The van der Waals surface area contributed by atoms with Crippen LogP contribution in [0.2, 0.25) is 0 Å². The zero-order valence-electron chi connectivity index (χ0n) is 13.8. The molecule has 5 aliphatic rings. The zero-order valence-corrected chi connectivity index (χ0v) is 13.8. The molecule has 1 N–H and O–H groups in total. The van der Waals surface area contributed by atoms with E-state index in [2.05, 4.69) is 13.0 Å². The molecule has 3 saturated carbocycles. The fraction of sp³-hybridized carbons (Fsp3) is 0.800. The summed E-state index contributed by atoms with van der Waals surface area (Å²) in [4.78, 5) is 0. The summed E-state index contributed by atoms with van der Waals surface area (Å²) in [6.45, 7) is 2.40. The van der Waals surface area contributed by atoms with Gasteiger partial charge in [0, 0.05) is 6.42 Å². The van der Waals surface area contributed by atoms with Crippen LogP contribution in [-0.2, 0) is 4.74 Å². The summed E-state index contributed by atoms with van der Waals surface area (Å²) in [7, 11) is 1.81. The van der Waals surface area contributed by atoms with Gasteiger partial charge in [-0.2, -0.15) is 0 Å². The van der Waals surface area contributed by atoms with Gasteiger partial charge in [0.1, 0.15) is 0 Å². The molecule has 120 valence electrons. The molecule has 2 nitrogen and oxygen atoms in total. The number of methoxy groups -OCH3 is 1. The van der Waals surface area contributed by atoms with Crippen molar-refractivity contribution in [3.8, 4) is 0 Å². The lowest BCUT2D eigenvalue weighted by Crippen LogP contribution is -2.47. The Labute approximate surface area is 133 Å². The number of hydrogen-bond donors (Lipinski definition) is 1. The van der Waals surface area contributed by atoms with Crippen LogP contribution in [0.3, 0.4) is 0 Å². The van der Waals surface area contributed by atoms with Crippen LogP contribution in [0.25, 0.3) is 0 Å². The second-order valence-electron chi connectivity index (χ2n) is 8.77. The van der Waals surface area contributed by atoms with Crippen molar-refractivity contribution in [1.29, 1.82) is 0 Å². The van der Waals surface area contributed by atoms with Crippen LogP contribution in [-0.4, -0.2) is 18.3 Å². The standard InChI is InChI=1S/C20H28O2/c1-20-8-7-14-13-6-4-12(22-2)9-11(13)3-5-15(14)18(20)16-10-17(16)19(20)21/h4,14-19,21H,3,5-10H2,1-2H3/t14-,15-,16+,17-,18-,19-,20+/m1/s1. The summed E-state index contributed by atoms with van der Waals surface area (Å²) in [5, 5.41) is 10.7. The Balaban J connectivity index is 1.46. The highest BCUT2D eigenvalue weighted by Crippen LogP contribution is 2.71. The van der Waals surface area contributed by atoms with Crippen molar-refractivity contribution in [2.45, 2.75) is 58.0 Å². The van der Waals surface area contributed by atoms with E-state index in [-0.39, 0.29) is 11.5 Å². The fourth-order valence-corrected chi connectivity index (χ4v) is 6.98. The summed E-state index contributed by atoms with van der Waals surface area (Å²) in [5.41, 5.74) is 3.68. The first-order valence-corrected chi connectivity index (χ1v) is 9.25. The molecule has 0 radical (unpaired) electrons. The largest absolute Gasteiger partial charge is 0.501 e. The van der Waals surface area contributed by atoms with E-state index in [1.165, 1.54) is 37.9 Å². The van der Waals surface area contributed by atoms with E-state index in [9.17, 15) is 5.11 Å². The van der Waals surface area contributed by atoms with E-state index in [4.69, 9.17) is 4.74 Å². The van der Waals surface area contributed by atoms with E-state index >= 15 is 0 Å². The average Bonchev–Trinajstić information content (AvgIpc) is 3.28. The first-order valence-electron chi connectivity index (χ1n) is 9.25. The lowest BCUT2D eigenvalue weighted by atomic mass is 9.53. The van der Waals surface area contributed by atoms with Crippen LogP contribution in [0.4, 0.5) is 0 Å². The SMILES string of the molecule is COC1=CCC2=C(CC[C@H]3[C@@H]4[C@H]5C[C@H]5[C@@H](O)[C@@]4(C)CC[C@H]23)C1. The molecule has 2 heteroatoms. The Morgan fingerprint density at radius 3 is 2.91 bits per heavy atom. The Hall–Kier alpha value is -0.760. The summed E-state index contributed by atoms with van der Waals surface area (Å²) >= 11 is 0. The van der Waals surface area contributed by atoms with Gasteiger partial charge in [-0.3, -0.25) is 0 Å². The minimum Gasteiger partial charge on any atom is -0.501 e. The van der Waals surface area contributed by atoms with E-state index in [1.54, 1.807) is 11.1 Å². The Morgan fingerprint density at radius 1 is 1.23 bits per heavy atom. The maximum absolute atomic E-state index is 10.7. The third-order valence-corrected chi connectivity index (χ3v) is 8.05. The lowest BCUT2D eigenvalue weighted by Gasteiger charge is -2.52. The van der Waals surface area contributed by atoms with Gasteiger partial charge in [0.25, 0.3) is 0 Å². The molecular weight excluding hydrogens is 272 g/mol. The van der Waals surface area contributed by atoms with Crippen molar-refractivity contribution < 1.29 is 9.84 Å². The van der Waals surface area contributed by atoms with Gasteiger partial charge in [-0.15, -0.1) is 0 Å². The molecule has 0 heterocycles. The normalized spacial score (nSPS) is 52.2. The molecule has 0 aromatic heterocycles. The molecule has 0 spiro atoms. The van der Waals surface area contributed by atoms with Crippen molar-refractivity contribution in [1.82, 2.24) is 0 Å². The summed E-state index contributed by atoms with van der Waals surface area (Å²) in [6.07, 6.45) is 11.0. The average molecular weight is 300 g/mol. The fourth-order valence-electron chi connectivity index (χ4n) is 6.98. The molecule has 0 aromatic rings. The van der Waals surface area contributed by atoms with Gasteiger partial charge in [0.2, 0.25) is 0 Å². The molecular formula is C20H28O2. The second kappa shape index (κ2) is 4.41. The molecule has 5 rings (SSSR count). The molecule has 3 fully saturated rings. The number of aliphatic hydroxyl groups is 1. The predicted octanol–water partition coefficient (Wildman–Crippen LogP) is 4.06. The van der Waals surface area contributed by atoms with Crippen molar-refractivity contribution >= 4 is 0 Å². The second-order valence-corrected chi connectivity index (χ2v) is 8.77. The molecule has 0 saturated heterocycles. The Bertz CT molecular complexity index is 574. The molecule has 0 unspecified atom stereocenters. The minimum atomic E-state index is -0.00910. The maximum atomic E-state index is 10.7. The lowest BCUT2D eigenvalue weighted by molar-refractivity contribution is -0.0541. The molecule has 5 aliphatic carbocycles. The number of ether oxygens (including phenoxy) is 1. The topological polar surface area (TPSA) is 29.5 Å². The number of allylic oxidation sites excluding steroid dienone is 3. The minimum absolute atomic E-state index is 0.00910. The zero-order chi connectivity index (χ0) is 15.1.